The van der Waals surface area contributed by atoms with Crippen LogP contribution in [0.3, 0.4) is 0 Å². The van der Waals surface area contributed by atoms with E-state index in [9.17, 15) is 34.2 Å². The first-order valence-electron chi connectivity index (χ1n) is 12.2. The Morgan fingerprint density at radius 1 is 1.19 bits per heavy atom. The molecule has 0 aromatic carbocycles. The summed E-state index contributed by atoms with van der Waals surface area (Å²) < 4.78 is 21.8. The van der Waals surface area contributed by atoms with Crippen LogP contribution >= 0.6 is 0 Å². The molecule has 9 atom stereocenters. The molecule has 0 amide bonds. The number of aliphatic hydroxyl groups is 2. The molecule has 3 aliphatic carbocycles. The van der Waals surface area contributed by atoms with Gasteiger partial charge in [0.25, 0.3) is 0 Å². The Morgan fingerprint density at radius 2 is 1.86 bits per heavy atom. The quantitative estimate of drug-likeness (QED) is 0.310. The van der Waals surface area contributed by atoms with Crippen molar-refractivity contribution in [1.82, 2.24) is 0 Å². The number of rotatable bonds is 3. The molecule has 2 heterocycles. The second-order valence-electron chi connectivity index (χ2n) is 11.4. The van der Waals surface area contributed by atoms with Gasteiger partial charge in [0.1, 0.15) is 18.6 Å². The highest BCUT2D eigenvalue weighted by Crippen LogP contribution is 2.75. The van der Waals surface area contributed by atoms with E-state index in [0.29, 0.717) is 11.1 Å². The average Bonchev–Trinajstić information content (AvgIpc) is 3.01. The monoisotopic (exact) mass is 518 g/mol. The number of fused-ring (bicyclic) bond motifs is 1. The Morgan fingerprint density at radius 3 is 2.49 bits per heavy atom. The van der Waals surface area contributed by atoms with E-state index in [0.717, 1.165) is 7.11 Å². The van der Waals surface area contributed by atoms with Crippen LogP contribution in [0.5, 0.6) is 0 Å². The molecule has 2 bridgehead atoms. The molecule has 11 nitrogen and oxygen atoms in total. The van der Waals surface area contributed by atoms with Gasteiger partial charge >= 0.3 is 23.9 Å². The van der Waals surface area contributed by atoms with E-state index in [4.69, 9.17) is 18.9 Å². The maximum atomic E-state index is 13.4. The number of carbonyl (C=O) groups is 5. The van der Waals surface area contributed by atoms with E-state index in [1.165, 1.54) is 6.08 Å². The van der Waals surface area contributed by atoms with Gasteiger partial charge in [-0.1, -0.05) is 12.5 Å². The van der Waals surface area contributed by atoms with Crippen LogP contribution in [-0.4, -0.2) is 71.4 Å². The first kappa shape index (κ1) is 25.4. The van der Waals surface area contributed by atoms with Crippen LogP contribution in [-0.2, 0) is 42.9 Å². The van der Waals surface area contributed by atoms with Gasteiger partial charge in [0, 0.05) is 24.3 Å². The van der Waals surface area contributed by atoms with Gasteiger partial charge < -0.3 is 29.2 Å². The molecule has 2 N–H and O–H groups in total. The van der Waals surface area contributed by atoms with Crippen molar-refractivity contribution in [2.24, 2.45) is 34.5 Å². The van der Waals surface area contributed by atoms with E-state index < -0.39 is 87.7 Å². The average molecular weight is 519 g/mol. The van der Waals surface area contributed by atoms with Crippen LogP contribution < -0.4 is 0 Å². The van der Waals surface area contributed by atoms with Crippen LogP contribution in [0.1, 0.15) is 40.5 Å². The molecule has 0 unspecified atom stereocenters. The molecular formula is C26H30O11. The molecule has 5 aliphatic rings. The van der Waals surface area contributed by atoms with E-state index in [2.05, 4.69) is 0 Å². The number of ketones is 1. The number of hydrogen-bond acceptors (Lipinski definition) is 11. The Labute approximate surface area is 212 Å². The van der Waals surface area contributed by atoms with E-state index >= 15 is 0 Å². The maximum Gasteiger partial charge on any atom is 0.348 e. The lowest BCUT2D eigenvalue weighted by molar-refractivity contribution is -0.267. The number of methoxy groups -OCH3 is 1. The third-order valence-electron chi connectivity index (χ3n) is 9.34. The Hall–Kier alpha value is -3.21. The third kappa shape index (κ3) is 3.00. The first-order valence-corrected chi connectivity index (χ1v) is 12.2. The highest BCUT2D eigenvalue weighted by molar-refractivity contribution is 5.97. The molecule has 4 fully saturated rings. The zero-order chi connectivity index (χ0) is 27.2. The standard InChI is InChI=1S/C26H30O11/c1-10(2)6-15(28)37-19-16-17(20(30)34-5)26(33)22-24(4)8-13(27)18(29)11(3)12(24)7-14(36-21(19)31)25(16,22)9-35-23(26)32/h6,12,14,16-17,19,22,29,33H,7-9H2,1-5H3/t12-,14+,16+,17+,19-,22+,24-,25-,26+/m0/s1. The normalized spacial score (nSPS) is 43.7. The molecular weight excluding hydrogens is 488 g/mol. The molecule has 200 valence electrons. The summed E-state index contributed by atoms with van der Waals surface area (Å²) in [5.74, 6) is -9.32. The number of cyclic esters (lactones) is 1. The van der Waals surface area contributed by atoms with Gasteiger partial charge in [-0.25, -0.2) is 14.4 Å². The lowest BCUT2D eigenvalue weighted by Crippen LogP contribution is -2.71. The summed E-state index contributed by atoms with van der Waals surface area (Å²) in [6, 6.07) is 0. The fourth-order valence-corrected chi connectivity index (χ4v) is 8.26. The molecule has 2 saturated heterocycles. The number of Topliss-reactive ketones (excluding diaryl/α,β-unsaturated/α-hetero) is 1. The molecule has 2 aliphatic heterocycles. The number of carbonyl (C=O) groups excluding carboxylic acids is 5. The van der Waals surface area contributed by atoms with Gasteiger partial charge in [-0.05, 0) is 44.1 Å². The minimum absolute atomic E-state index is 0.147. The zero-order valence-electron chi connectivity index (χ0n) is 21.2. The second-order valence-corrected chi connectivity index (χ2v) is 11.4. The summed E-state index contributed by atoms with van der Waals surface area (Å²) >= 11 is 0. The largest absolute Gasteiger partial charge is 0.504 e. The van der Waals surface area contributed by atoms with Crippen LogP contribution in [0.25, 0.3) is 0 Å². The second kappa shape index (κ2) is 7.89. The van der Waals surface area contributed by atoms with Gasteiger partial charge in [0.2, 0.25) is 6.10 Å². The van der Waals surface area contributed by atoms with Crippen molar-refractivity contribution >= 4 is 29.7 Å². The number of ether oxygens (including phenoxy) is 4. The van der Waals surface area contributed by atoms with E-state index in [-0.39, 0.29) is 19.4 Å². The first-order chi connectivity index (χ1) is 17.2. The number of aliphatic hydroxyl groups excluding tert-OH is 1. The van der Waals surface area contributed by atoms with Crippen LogP contribution in [0.15, 0.2) is 23.0 Å². The predicted octanol–water partition coefficient (Wildman–Crippen LogP) is 0.930. The van der Waals surface area contributed by atoms with Crippen molar-refractivity contribution in [1.29, 1.82) is 0 Å². The Kier molecular flexibility index (Phi) is 5.43. The maximum absolute atomic E-state index is 13.4. The topological polar surface area (TPSA) is 163 Å². The lowest BCUT2D eigenvalue weighted by atomic mass is 9.43. The summed E-state index contributed by atoms with van der Waals surface area (Å²) in [5, 5.41) is 22.7. The summed E-state index contributed by atoms with van der Waals surface area (Å²) in [5.41, 5.74) is -4.04. The van der Waals surface area contributed by atoms with Crippen molar-refractivity contribution in [3.05, 3.63) is 23.0 Å². The predicted molar refractivity (Wildman–Crippen MR) is 121 cm³/mol. The van der Waals surface area contributed by atoms with Crippen molar-refractivity contribution in [2.75, 3.05) is 13.7 Å². The van der Waals surface area contributed by atoms with Gasteiger partial charge in [-0.3, -0.25) is 9.59 Å². The Balaban J connectivity index is 1.77. The van der Waals surface area contributed by atoms with Crippen LogP contribution in [0.4, 0.5) is 0 Å². The molecule has 0 aromatic rings. The fraction of sp³-hybridized carbons (Fsp3) is 0.654. The van der Waals surface area contributed by atoms with Gasteiger partial charge in [-0.15, -0.1) is 0 Å². The summed E-state index contributed by atoms with van der Waals surface area (Å²) in [7, 11) is 1.09. The van der Waals surface area contributed by atoms with Crippen LogP contribution in [0, 0.1) is 34.5 Å². The van der Waals surface area contributed by atoms with Crippen molar-refractivity contribution in [3.63, 3.8) is 0 Å². The Bertz CT molecular complexity index is 1190. The summed E-state index contributed by atoms with van der Waals surface area (Å²) in [6.45, 7) is 6.32. The van der Waals surface area contributed by atoms with Crippen molar-refractivity contribution < 1.29 is 53.1 Å². The van der Waals surface area contributed by atoms with E-state index in [1.807, 2.05) is 0 Å². The van der Waals surface area contributed by atoms with Crippen LogP contribution in [0.2, 0.25) is 0 Å². The number of allylic oxidation sites excluding steroid dienone is 3. The molecule has 0 radical (unpaired) electrons. The summed E-state index contributed by atoms with van der Waals surface area (Å²) in [4.78, 5) is 65.5. The zero-order valence-corrected chi connectivity index (χ0v) is 21.2. The van der Waals surface area contributed by atoms with Gasteiger partial charge in [0.05, 0.1) is 12.5 Å². The highest BCUT2D eigenvalue weighted by atomic mass is 16.6. The lowest BCUT2D eigenvalue weighted by Gasteiger charge is -2.63. The van der Waals surface area contributed by atoms with E-state index in [1.54, 1.807) is 27.7 Å². The highest BCUT2D eigenvalue weighted by Gasteiger charge is 2.87. The molecule has 11 heteroatoms. The molecule has 0 aromatic heterocycles. The number of hydrogen-bond donors (Lipinski definition) is 2. The molecule has 37 heavy (non-hydrogen) atoms. The van der Waals surface area contributed by atoms with Gasteiger partial charge in [-0.2, -0.15) is 0 Å². The third-order valence-corrected chi connectivity index (χ3v) is 9.34. The smallest absolute Gasteiger partial charge is 0.348 e. The minimum atomic E-state index is -2.51. The fourth-order valence-electron chi connectivity index (χ4n) is 8.26. The van der Waals surface area contributed by atoms with Crippen molar-refractivity contribution in [2.45, 2.75) is 58.3 Å². The minimum Gasteiger partial charge on any atom is -0.504 e. The molecule has 5 rings (SSSR count). The van der Waals surface area contributed by atoms with Gasteiger partial charge in [0.15, 0.2) is 17.1 Å². The summed E-state index contributed by atoms with van der Waals surface area (Å²) in [6.07, 6.45) is -1.50. The number of esters is 4. The molecule has 1 spiro atoms. The SMILES string of the molecule is COC(=O)[C@H]1[C@@H]2[C@H](OC(=O)C=C(C)C)C(=O)O[C@@H]3C[C@H]4C(C)=C(O)C(=O)C[C@]4(C)[C@H]4[C@@]1(O)C(=O)OC[C@@]234. The van der Waals surface area contributed by atoms with Crippen molar-refractivity contribution in [3.8, 4) is 0 Å². The molecule has 2 saturated carbocycles.